The van der Waals surface area contributed by atoms with Gasteiger partial charge in [0.2, 0.25) is 0 Å². The fourth-order valence-corrected chi connectivity index (χ4v) is 2.53. The van der Waals surface area contributed by atoms with Gasteiger partial charge >= 0.3 is 0 Å². The summed E-state index contributed by atoms with van der Waals surface area (Å²) in [6, 6.07) is 15.1. The Hall–Kier alpha value is -2.35. The Labute approximate surface area is 147 Å². The first-order valence-electron chi connectivity index (χ1n) is 6.92. The van der Waals surface area contributed by atoms with Crippen molar-refractivity contribution in [3.05, 3.63) is 63.9 Å². The zero-order valence-electron chi connectivity index (χ0n) is 12.3. The summed E-state index contributed by atoms with van der Waals surface area (Å²) < 4.78 is 6.26. The molecule has 1 amide bonds. The van der Waals surface area contributed by atoms with E-state index < -0.39 is 0 Å². The van der Waals surface area contributed by atoms with E-state index in [0.717, 1.165) is 20.6 Å². The minimum Gasteiger partial charge on any atom is -0.497 e. The van der Waals surface area contributed by atoms with Gasteiger partial charge in [0.15, 0.2) is 0 Å². The molecular weight excluding hydrogens is 405 g/mol. The van der Waals surface area contributed by atoms with Crippen LogP contribution in [0.4, 0.5) is 5.69 Å². The van der Waals surface area contributed by atoms with Gasteiger partial charge in [0, 0.05) is 14.8 Å². The van der Waals surface area contributed by atoms with E-state index in [1.165, 1.54) is 6.20 Å². The van der Waals surface area contributed by atoms with Crippen molar-refractivity contribution in [3.63, 3.8) is 0 Å². The molecule has 3 aromatic rings. The number of rotatable bonds is 4. The highest BCUT2D eigenvalue weighted by Gasteiger charge is 2.15. The Bertz CT molecular complexity index is 811. The molecule has 0 aliphatic heterocycles. The SMILES string of the molecule is COc1ccc(-c2[nH]ncc2C(=O)Nc2ccc(I)cc2)cc1. The molecule has 0 bridgehead atoms. The van der Waals surface area contributed by atoms with E-state index in [4.69, 9.17) is 4.74 Å². The highest BCUT2D eigenvalue weighted by atomic mass is 127. The van der Waals surface area contributed by atoms with Crippen LogP contribution in [0, 0.1) is 3.57 Å². The number of benzene rings is 2. The fraction of sp³-hybridized carbons (Fsp3) is 0.0588. The summed E-state index contributed by atoms with van der Waals surface area (Å²) in [4.78, 5) is 12.5. The molecule has 1 aromatic heterocycles. The first-order valence-corrected chi connectivity index (χ1v) is 8.00. The molecule has 0 spiro atoms. The number of H-pyrrole nitrogens is 1. The van der Waals surface area contributed by atoms with Crippen molar-refractivity contribution in [1.29, 1.82) is 0 Å². The van der Waals surface area contributed by atoms with E-state index in [-0.39, 0.29) is 5.91 Å². The number of hydrogen-bond donors (Lipinski definition) is 2. The van der Waals surface area contributed by atoms with E-state index in [1.807, 2.05) is 48.5 Å². The smallest absolute Gasteiger partial charge is 0.259 e. The second-order valence-corrected chi connectivity index (χ2v) is 6.09. The monoisotopic (exact) mass is 419 g/mol. The number of aromatic amines is 1. The van der Waals surface area contributed by atoms with E-state index in [0.29, 0.717) is 11.3 Å². The van der Waals surface area contributed by atoms with Crippen LogP contribution in [0.25, 0.3) is 11.3 Å². The van der Waals surface area contributed by atoms with E-state index >= 15 is 0 Å². The average molecular weight is 419 g/mol. The second-order valence-electron chi connectivity index (χ2n) is 4.85. The maximum absolute atomic E-state index is 12.5. The minimum atomic E-state index is -0.203. The first-order chi connectivity index (χ1) is 11.2. The number of anilines is 1. The summed E-state index contributed by atoms with van der Waals surface area (Å²) in [6.45, 7) is 0. The predicted molar refractivity (Wildman–Crippen MR) is 97.7 cm³/mol. The lowest BCUT2D eigenvalue weighted by molar-refractivity contribution is 0.102. The number of halogens is 1. The summed E-state index contributed by atoms with van der Waals surface area (Å²) in [6.07, 6.45) is 1.53. The van der Waals surface area contributed by atoms with Gasteiger partial charge in [-0.1, -0.05) is 0 Å². The number of nitrogens with one attached hydrogen (secondary N) is 2. The van der Waals surface area contributed by atoms with Crippen molar-refractivity contribution in [1.82, 2.24) is 10.2 Å². The Morgan fingerprint density at radius 3 is 2.48 bits per heavy atom. The Morgan fingerprint density at radius 2 is 1.83 bits per heavy atom. The zero-order chi connectivity index (χ0) is 16.2. The summed E-state index contributed by atoms with van der Waals surface area (Å²) >= 11 is 2.22. The molecule has 0 saturated carbocycles. The Balaban J connectivity index is 1.84. The first kappa shape index (κ1) is 15.5. The summed E-state index contributed by atoms with van der Waals surface area (Å²) in [5, 5.41) is 9.76. The predicted octanol–water partition coefficient (Wildman–Crippen LogP) is 3.94. The molecule has 3 rings (SSSR count). The highest BCUT2D eigenvalue weighted by Crippen LogP contribution is 2.24. The van der Waals surface area contributed by atoms with Gasteiger partial charge in [0.1, 0.15) is 5.75 Å². The molecule has 0 aliphatic carbocycles. The Morgan fingerprint density at radius 1 is 1.13 bits per heavy atom. The number of aromatic nitrogens is 2. The number of carbonyl (C=O) groups is 1. The highest BCUT2D eigenvalue weighted by molar-refractivity contribution is 14.1. The third kappa shape index (κ3) is 3.53. The van der Waals surface area contributed by atoms with Crippen LogP contribution in [-0.4, -0.2) is 23.2 Å². The summed E-state index contributed by atoms with van der Waals surface area (Å²) in [5.41, 5.74) is 2.79. The molecule has 5 nitrogen and oxygen atoms in total. The number of amides is 1. The standard InChI is InChI=1S/C17H14IN3O2/c1-23-14-8-2-11(3-9-14)16-15(10-19-21-16)17(22)20-13-6-4-12(18)5-7-13/h2-10H,1H3,(H,19,21)(H,20,22). The normalized spacial score (nSPS) is 10.3. The second kappa shape index (κ2) is 6.82. The quantitative estimate of drug-likeness (QED) is 0.630. The van der Waals surface area contributed by atoms with Gasteiger partial charge in [-0.15, -0.1) is 0 Å². The van der Waals surface area contributed by atoms with Gasteiger partial charge in [-0.25, -0.2) is 0 Å². The van der Waals surface area contributed by atoms with Crippen LogP contribution < -0.4 is 10.1 Å². The molecule has 116 valence electrons. The van der Waals surface area contributed by atoms with Crippen LogP contribution in [0.2, 0.25) is 0 Å². The van der Waals surface area contributed by atoms with Crippen molar-refractivity contribution in [3.8, 4) is 17.0 Å². The van der Waals surface area contributed by atoms with Crippen molar-refractivity contribution in [2.24, 2.45) is 0 Å². The molecular formula is C17H14IN3O2. The number of methoxy groups -OCH3 is 1. The number of ether oxygens (including phenoxy) is 1. The van der Waals surface area contributed by atoms with Crippen molar-refractivity contribution in [2.45, 2.75) is 0 Å². The van der Waals surface area contributed by atoms with Crippen molar-refractivity contribution < 1.29 is 9.53 Å². The number of carbonyl (C=O) groups excluding carboxylic acids is 1. The molecule has 23 heavy (non-hydrogen) atoms. The topological polar surface area (TPSA) is 67.0 Å². The van der Waals surface area contributed by atoms with E-state index in [1.54, 1.807) is 7.11 Å². The third-order valence-electron chi connectivity index (χ3n) is 3.36. The molecule has 0 unspecified atom stereocenters. The van der Waals surface area contributed by atoms with E-state index in [2.05, 4.69) is 38.1 Å². The van der Waals surface area contributed by atoms with Gasteiger partial charge < -0.3 is 10.1 Å². The lowest BCUT2D eigenvalue weighted by Gasteiger charge is -2.07. The minimum absolute atomic E-state index is 0.203. The van der Waals surface area contributed by atoms with Gasteiger partial charge in [-0.2, -0.15) is 5.10 Å². The maximum atomic E-state index is 12.5. The molecule has 0 radical (unpaired) electrons. The number of nitrogens with zero attached hydrogens (tertiary/aromatic N) is 1. The molecule has 6 heteroatoms. The van der Waals surface area contributed by atoms with Crippen molar-refractivity contribution in [2.75, 3.05) is 12.4 Å². The third-order valence-corrected chi connectivity index (χ3v) is 4.08. The lowest BCUT2D eigenvalue weighted by atomic mass is 10.1. The molecule has 0 aliphatic rings. The van der Waals surface area contributed by atoms with Crippen LogP contribution >= 0.6 is 22.6 Å². The molecule has 0 saturated heterocycles. The molecule has 2 N–H and O–H groups in total. The maximum Gasteiger partial charge on any atom is 0.259 e. The molecule has 0 fully saturated rings. The van der Waals surface area contributed by atoms with Gasteiger partial charge in [0.05, 0.1) is 24.6 Å². The largest absolute Gasteiger partial charge is 0.497 e. The zero-order valence-corrected chi connectivity index (χ0v) is 14.5. The van der Waals surface area contributed by atoms with Crippen molar-refractivity contribution >= 4 is 34.2 Å². The van der Waals surface area contributed by atoms with E-state index in [9.17, 15) is 4.79 Å². The van der Waals surface area contributed by atoms with Gasteiger partial charge in [0.25, 0.3) is 5.91 Å². The molecule has 0 atom stereocenters. The van der Waals surface area contributed by atoms with Crippen LogP contribution in [0.5, 0.6) is 5.75 Å². The van der Waals surface area contributed by atoms with Crippen LogP contribution in [0.3, 0.4) is 0 Å². The van der Waals surface area contributed by atoms with Crippen LogP contribution in [-0.2, 0) is 0 Å². The number of hydrogen-bond acceptors (Lipinski definition) is 3. The van der Waals surface area contributed by atoms with Gasteiger partial charge in [-0.05, 0) is 71.1 Å². The van der Waals surface area contributed by atoms with Crippen LogP contribution in [0.15, 0.2) is 54.7 Å². The Kier molecular flexibility index (Phi) is 4.61. The summed E-state index contributed by atoms with van der Waals surface area (Å²) in [5.74, 6) is 0.559. The average Bonchev–Trinajstić information content (AvgIpc) is 3.07. The van der Waals surface area contributed by atoms with Gasteiger partial charge in [-0.3, -0.25) is 9.89 Å². The molecule has 2 aromatic carbocycles. The summed E-state index contributed by atoms with van der Waals surface area (Å²) in [7, 11) is 1.62. The van der Waals surface area contributed by atoms with Crippen LogP contribution in [0.1, 0.15) is 10.4 Å². The fourth-order valence-electron chi connectivity index (χ4n) is 2.17. The molecule has 1 heterocycles. The lowest BCUT2D eigenvalue weighted by Crippen LogP contribution is -2.12.